The van der Waals surface area contributed by atoms with Gasteiger partial charge in [0.2, 0.25) is 12.2 Å². The van der Waals surface area contributed by atoms with Crippen molar-refractivity contribution in [3.8, 4) is 11.5 Å². The molecule has 8 atom stereocenters. The van der Waals surface area contributed by atoms with Crippen molar-refractivity contribution in [1.82, 2.24) is 4.90 Å². The van der Waals surface area contributed by atoms with Gasteiger partial charge in [0.25, 0.3) is 0 Å². The van der Waals surface area contributed by atoms with E-state index in [9.17, 15) is 49.2 Å². The van der Waals surface area contributed by atoms with E-state index in [1.54, 1.807) is 6.07 Å². The van der Waals surface area contributed by atoms with Crippen molar-refractivity contribution < 1.29 is 83.1 Å². The van der Waals surface area contributed by atoms with Crippen molar-refractivity contribution >= 4 is 35.8 Å². The number of nitrogens with zero attached hydrogens (tertiary/aromatic N) is 1. The van der Waals surface area contributed by atoms with Crippen LogP contribution in [0.5, 0.6) is 11.5 Å². The highest BCUT2D eigenvalue weighted by Crippen LogP contribution is 2.65. The summed E-state index contributed by atoms with van der Waals surface area (Å²) < 4.78 is 26.9. The molecule has 1 saturated heterocycles. The minimum atomic E-state index is -2.75. The zero-order valence-corrected chi connectivity index (χ0v) is 25.6. The highest BCUT2D eigenvalue weighted by atomic mass is 16.6. The Kier molecular flexibility index (Phi) is 9.13. The monoisotopic (exact) mass is 679 g/mol. The minimum absolute atomic E-state index is 0.0236. The Morgan fingerprint density at radius 1 is 0.979 bits per heavy atom. The molecule has 1 aromatic rings. The number of carboxylic acids is 3. The Bertz CT molecular complexity index is 1590. The van der Waals surface area contributed by atoms with Crippen LogP contribution in [-0.4, -0.2) is 134 Å². The number of hydrogen-bond acceptors (Lipinski definition) is 15. The van der Waals surface area contributed by atoms with Crippen LogP contribution in [0.2, 0.25) is 0 Å². The first-order valence-corrected chi connectivity index (χ1v) is 14.7. The van der Waals surface area contributed by atoms with E-state index in [4.69, 9.17) is 29.2 Å². The van der Waals surface area contributed by atoms with E-state index in [1.165, 1.54) is 13.2 Å². The second-order valence-electron chi connectivity index (χ2n) is 12.0. The van der Waals surface area contributed by atoms with Crippen LogP contribution in [0.4, 0.5) is 0 Å². The summed E-state index contributed by atoms with van der Waals surface area (Å²) in [5.41, 5.74) is -0.808. The molecule has 1 spiro atoms. The predicted molar refractivity (Wildman–Crippen MR) is 151 cm³/mol. The molecule has 0 saturated carbocycles. The maximum Gasteiger partial charge on any atom is 0.348 e. The van der Waals surface area contributed by atoms with Gasteiger partial charge in [-0.1, -0.05) is 6.07 Å². The fourth-order valence-corrected chi connectivity index (χ4v) is 7.11. The lowest BCUT2D eigenvalue weighted by Gasteiger charge is -2.61. The molecule has 4 aliphatic rings. The van der Waals surface area contributed by atoms with Crippen LogP contribution >= 0.6 is 0 Å². The lowest BCUT2D eigenvalue weighted by molar-refractivity contribution is -0.187. The summed E-state index contributed by atoms with van der Waals surface area (Å²) in [6.45, 7) is 0.555. The van der Waals surface area contributed by atoms with Crippen LogP contribution in [0.3, 0.4) is 0 Å². The molecule has 1 fully saturated rings. The highest BCUT2D eigenvalue weighted by Gasteiger charge is 2.72. The largest absolute Gasteiger partial charge is 0.493 e. The van der Waals surface area contributed by atoms with Crippen molar-refractivity contribution in [3.63, 3.8) is 0 Å². The van der Waals surface area contributed by atoms with Gasteiger partial charge in [-0.3, -0.25) is 9.59 Å². The van der Waals surface area contributed by atoms with Gasteiger partial charge in [-0.15, -0.1) is 0 Å². The molecule has 2 heterocycles. The van der Waals surface area contributed by atoms with Gasteiger partial charge in [0.1, 0.15) is 5.76 Å². The number of carbonyl (C=O) groups excluding carboxylic acids is 3. The lowest BCUT2D eigenvalue weighted by atomic mass is 9.50. The summed E-state index contributed by atoms with van der Waals surface area (Å²) in [7, 11) is 3.34. The van der Waals surface area contributed by atoms with Gasteiger partial charge < -0.3 is 59.2 Å². The average Bonchev–Trinajstić information content (AvgIpc) is 3.38. The number of carbonyl (C=O) groups is 6. The van der Waals surface area contributed by atoms with Gasteiger partial charge in [-0.05, 0) is 44.1 Å². The van der Waals surface area contributed by atoms with Crippen LogP contribution in [0.25, 0.3) is 0 Å². The van der Waals surface area contributed by atoms with Gasteiger partial charge >= 0.3 is 35.8 Å². The molecule has 1 aromatic carbocycles. The predicted octanol–water partition coefficient (Wildman–Crippen LogP) is -1.90. The number of rotatable bonds is 13. The number of piperidine rings is 1. The van der Waals surface area contributed by atoms with E-state index in [2.05, 4.69) is 4.74 Å². The number of hydrogen-bond donors (Lipinski definition) is 6. The zero-order chi connectivity index (χ0) is 35.3. The number of methoxy groups -OCH3 is 1. The molecule has 48 heavy (non-hydrogen) atoms. The number of likely N-dealkylation sites (tertiary alicyclic amines) is 1. The van der Waals surface area contributed by atoms with E-state index in [0.717, 1.165) is 11.1 Å². The van der Waals surface area contributed by atoms with Crippen LogP contribution in [0, 0.1) is 0 Å². The maximum absolute atomic E-state index is 13.3. The molecule has 0 unspecified atom stereocenters. The SMILES string of the molecule is COc1ccc2c3c1O[C@H]1C(OC(=O)C[C@H](OC(=O)[C@H](O)[C@@H](O)C(=O)O)C(=O)O[C@@H](CC(=O)O)C(=O)O)=CC[C@@]4(O)[C@H](C2)N(C)CC[C@]314. The fraction of sp³-hybridized carbons (Fsp3) is 0.533. The lowest BCUT2D eigenvalue weighted by Crippen LogP contribution is -2.74. The molecule has 260 valence electrons. The van der Waals surface area contributed by atoms with E-state index < -0.39 is 90.2 Å². The molecule has 18 nitrogen and oxygen atoms in total. The number of esters is 3. The molecule has 2 aliphatic carbocycles. The third-order valence-electron chi connectivity index (χ3n) is 9.35. The third kappa shape index (κ3) is 5.59. The van der Waals surface area contributed by atoms with Gasteiger partial charge in [0.05, 0.1) is 31.0 Å². The van der Waals surface area contributed by atoms with Crippen LogP contribution < -0.4 is 9.47 Å². The first-order chi connectivity index (χ1) is 22.5. The number of benzene rings is 1. The standard InChI is InChI=1S/C30H33NO17/c1-31-8-7-29-20-12-3-4-13(44-2)23(20)48-24(29)14(5-6-30(29,43)17(31)9-12)45-19(34)11-16(47-28(42)22(36)21(35)26(39)40)27(41)46-15(25(37)38)10-18(32)33/h3-5,15-17,21-22,24,35-36,43H,6-11H2,1-2H3,(H,32,33)(H,37,38)(H,39,40)/t15-,16-,17-,21+,22+,24-,29-,30+/m0/s1. The highest BCUT2D eigenvalue weighted by molar-refractivity contribution is 5.90. The summed E-state index contributed by atoms with van der Waals surface area (Å²) in [6, 6.07) is 3.29. The quantitative estimate of drug-likeness (QED) is 0.0980. The molecule has 0 radical (unpaired) electrons. The molecule has 0 amide bonds. The Hall–Kier alpha value is -4.78. The average molecular weight is 680 g/mol. The Morgan fingerprint density at radius 2 is 1.67 bits per heavy atom. The van der Waals surface area contributed by atoms with Gasteiger partial charge in [-0.25, -0.2) is 19.2 Å². The topological polar surface area (TPSA) is 273 Å². The summed E-state index contributed by atoms with van der Waals surface area (Å²) in [6.07, 6.45) is -11.2. The van der Waals surface area contributed by atoms with Crippen molar-refractivity contribution in [2.75, 3.05) is 20.7 Å². The van der Waals surface area contributed by atoms with E-state index in [-0.39, 0.29) is 18.2 Å². The van der Waals surface area contributed by atoms with Crippen molar-refractivity contribution in [1.29, 1.82) is 0 Å². The smallest absolute Gasteiger partial charge is 0.348 e. The Balaban J connectivity index is 1.43. The number of likely N-dealkylation sites (N-methyl/N-ethyl adjacent to an activating group) is 1. The van der Waals surface area contributed by atoms with E-state index in [1.807, 2.05) is 18.0 Å². The van der Waals surface area contributed by atoms with Crippen molar-refractivity contribution in [3.05, 3.63) is 35.1 Å². The summed E-state index contributed by atoms with van der Waals surface area (Å²) in [4.78, 5) is 74.3. The number of aliphatic carboxylic acids is 3. The maximum atomic E-state index is 13.3. The number of carboxylic acid groups (broad SMARTS) is 3. The molecule has 0 aromatic heterocycles. The normalized spacial score (nSPS) is 27.5. The second kappa shape index (κ2) is 12.7. The van der Waals surface area contributed by atoms with Crippen LogP contribution in [0.1, 0.15) is 36.8 Å². The summed E-state index contributed by atoms with van der Waals surface area (Å²) >= 11 is 0. The Morgan fingerprint density at radius 3 is 2.29 bits per heavy atom. The molecule has 5 rings (SSSR count). The molecule has 18 heteroatoms. The zero-order valence-electron chi connectivity index (χ0n) is 25.6. The van der Waals surface area contributed by atoms with Crippen LogP contribution in [0.15, 0.2) is 24.0 Å². The molecular weight excluding hydrogens is 646 g/mol. The Labute approximate surface area is 271 Å². The minimum Gasteiger partial charge on any atom is -0.493 e. The van der Waals surface area contributed by atoms with Crippen molar-refractivity contribution in [2.24, 2.45) is 0 Å². The molecule has 2 bridgehead atoms. The van der Waals surface area contributed by atoms with Gasteiger partial charge in [0, 0.05) is 18.0 Å². The van der Waals surface area contributed by atoms with Crippen LogP contribution in [-0.2, 0) is 54.8 Å². The molecule has 2 aliphatic heterocycles. The second-order valence-corrected chi connectivity index (χ2v) is 12.0. The number of ether oxygens (including phenoxy) is 5. The first-order valence-electron chi connectivity index (χ1n) is 14.7. The van der Waals surface area contributed by atoms with Gasteiger partial charge in [-0.2, -0.15) is 0 Å². The summed E-state index contributed by atoms with van der Waals surface area (Å²) in [5.74, 6) is -9.85. The van der Waals surface area contributed by atoms with E-state index >= 15 is 0 Å². The van der Waals surface area contributed by atoms with E-state index in [0.29, 0.717) is 30.9 Å². The van der Waals surface area contributed by atoms with Gasteiger partial charge in [0.15, 0.2) is 29.8 Å². The third-order valence-corrected chi connectivity index (χ3v) is 9.35. The molecule has 6 N–H and O–H groups in total. The number of aliphatic hydroxyl groups excluding tert-OH is 2. The van der Waals surface area contributed by atoms with Crippen molar-refractivity contribution in [2.45, 2.75) is 79.7 Å². The summed E-state index contributed by atoms with van der Waals surface area (Å²) in [5, 5.41) is 58.8. The fourth-order valence-electron chi connectivity index (χ4n) is 7.11. The number of aliphatic hydroxyl groups is 3. The molecular formula is C30H33NO17. The first kappa shape index (κ1) is 34.6.